The normalized spacial score (nSPS) is 14.5. The molecular formula is C23H31N5O2. The van der Waals surface area contributed by atoms with Crippen LogP contribution in [0, 0.1) is 0 Å². The van der Waals surface area contributed by atoms with Crippen molar-refractivity contribution in [1.29, 1.82) is 0 Å². The zero-order chi connectivity index (χ0) is 21.3. The zero-order valence-electron chi connectivity index (χ0n) is 17.8. The molecule has 0 bridgehead atoms. The van der Waals surface area contributed by atoms with E-state index < -0.39 is 0 Å². The van der Waals surface area contributed by atoms with E-state index in [1.54, 1.807) is 13.1 Å². The third-order valence-electron chi connectivity index (χ3n) is 5.36. The summed E-state index contributed by atoms with van der Waals surface area (Å²) in [5.74, 6) is 1.09. The molecule has 160 valence electrons. The molecule has 2 aromatic carbocycles. The van der Waals surface area contributed by atoms with Crippen LogP contribution < -0.4 is 10.2 Å². The summed E-state index contributed by atoms with van der Waals surface area (Å²) in [6.07, 6.45) is 0. The lowest BCUT2D eigenvalue weighted by Crippen LogP contribution is -2.54. The molecule has 0 aliphatic carbocycles. The summed E-state index contributed by atoms with van der Waals surface area (Å²) in [5.41, 5.74) is 1.98. The van der Waals surface area contributed by atoms with E-state index in [1.165, 1.54) is 0 Å². The Balaban J connectivity index is 1.51. The molecule has 1 aliphatic rings. The first-order chi connectivity index (χ1) is 14.6. The minimum absolute atomic E-state index is 0.0512. The first-order valence-corrected chi connectivity index (χ1v) is 10.4. The summed E-state index contributed by atoms with van der Waals surface area (Å²) in [4.78, 5) is 23.2. The number of likely N-dealkylation sites (N-methyl/N-ethyl adjacent to an activating group) is 1. The Morgan fingerprint density at radius 1 is 1.07 bits per heavy atom. The second-order valence-electron chi connectivity index (χ2n) is 7.26. The van der Waals surface area contributed by atoms with Gasteiger partial charge in [0.2, 0.25) is 5.91 Å². The van der Waals surface area contributed by atoms with Crippen molar-refractivity contribution in [2.45, 2.75) is 13.5 Å². The summed E-state index contributed by atoms with van der Waals surface area (Å²) in [6.45, 7) is 6.57. The molecule has 30 heavy (non-hydrogen) atoms. The lowest BCUT2D eigenvalue weighted by atomic mass is 10.2. The van der Waals surface area contributed by atoms with E-state index in [2.05, 4.69) is 20.1 Å². The van der Waals surface area contributed by atoms with Crippen molar-refractivity contribution >= 4 is 17.6 Å². The van der Waals surface area contributed by atoms with Gasteiger partial charge in [0.1, 0.15) is 5.75 Å². The number of nitrogens with one attached hydrogen (secondary N) is 1. The van der Waals surface area contributed by atoms with Crippen LogP contribution in [0.5, 0.6) is 5.75 Å². The number of phenolic OH excluding ortho intramolecular Hbond substituents is 1. The van der Waals surface area contributed by atoms with Crippen molar-refractivity contribution < 1.29 is 9.90 Å². The minimum atomic E-state index is 0.0512. The van der Waals surface area contributed by atoms with Crippen LogP contribution in [-0.2, 0) is 11.3 Å². The SMILES string of the molecule is CCN(Cc1ccccc1)C(=O)CNC(=NC)N1CCN(c2ccccc2O)CC1. The van der Waals surface area contributed by atoms with Gasteiger partial charge in [-0.25, -0.2) is 0 Å². The highest BCUT2D eigenvalue weighted by Crippen LogP contribution is 2.27. The molecule has 7 heteroatoms. The minimum Gasteiger partial charge on any atom is -0.506 e. The number of carbonyl (C=O) groups excluding carboxylic acids is 1. The van der Waals surface area contributed by atoms with Crippen molar-refractivity contribution in [3.05, 3.63) is 60.2 Å². The number of benzene rings is 2. The molecule has 0 aromatic heterocycles. The van der Waals surface area contributed by atoms with E-state index in [0.717, 1.165) is 43.4 Å². The monoisotopic (exact) mass is 409 g/mol. The number of para-hydroxylation sites is 2. The largest absolute Gasteiger partial charge is 0.506 e. The fourth-order valence-electron chi connectivity index (χ4n) is 3.67. The van der Waals surface area contributed by atoms with Crippen LogP contribution in [0.1, 0.15) is 12.5 Å². The number of carbonyl (C=O) groups is 1. The van der Waals surface area contributed by atoms with Gasteiger partial charge in [-0.1, -0.05) is 42.5 Å². The first kappa shape index (κ1) is 21.5. The van der Waals surface area contributed by atoms with Crippen LogP contribution in [-0.4, -0.2) is 73.1 Å². The maximum Gasteiger partial charge on any atom is 0.242 e. The van der Waals surface area contributed by atoms with Gasteiger partial charge in [-0.05, 0) is 24.6 Å². The number of phenols is 1. The number of hydrogen-bond donors (Lipinski definition) is 2. The van der Waals surface area contributed by atoms with Crippen molar-refractivity contribution in [1.82, 2.24) is 15.1 Å². The molecule has 2 N–H and O–H groups in total. The quantitative estimate of drug-likeness (QED) is 0.565. The number of amides is 1. The summed E-state index contributed by atoms with van der Waals surface area (Å²) < 4.78 is 0. The van der Waals surface area contributed by atoms with Crippen molar-refractivity contribution in [3.63, 3.8) is 0 Å². The molecule has 0 atom stereocenters. The van der Waals surface area contributed by atoms with Gasteiger partial charge < -0.3 is 25.1 Å². The number of rotatable bonds is 6. The number of guanidine groups is 1. The van der Waals surface area contributed by atoms with Crippen LogP contribution in [0.3, 0.4) is 0 Å². The maximum absolute atomic E-state index is 12.7. The highest BCUT2D eigenvalue weighted by Gasteiger charge is 2.22. The van der Waals surface area contributed by atoms with E-state index in [4.69, 9.17) is 0 Å². The molecular weight excluding hydrogens is 378 g/mol. The van der Waals surface area contributed by atoms with Gasteiger partial charge in [0, 0.05) is 46.3 Å². The Labute approximate surface area is 178 Å². The Kier molecular flexibility index (Phi) is 7.54. The standard InChI is InChI=1S/C23H31N5O2/c1-3-26(18-19-9-5-4-6-10-19)22(30)17-25-23(24-2)28-15-13-27(14-16-28)20-11-7-8-12-21(20)29/h4-12,29H,3,13-18H2,1-2H3,(H,24,25). The predicted molar refractivity (Wildman–Crippen MR) is 121 cm³/mol. The topological polar surface area (TPSA) is 71.4 Å². The second-order valence-corrected chi connectivity index (χ2v) is 7.26. The number of anilines is 1. The van der Waals surface area contributed by atoms with Crippen molar-refractivity contribution in [2.75, 3.05) is 51.2 Å². The summed E-state index contributed by atoms with van der Waals surface area (Å²) in [6, 6.07) is 17.4. The Bertz CT molecular complexity index is 848. The molecule has 1 saturated heterocycles. The molecule has 1 heterocycles. The molecule has 1 fully saturated rings. The van der Waals surface area contributed by atoms with E-state index in [9.17, 15) is 9.90 Å². The van der Waals surface area contributed by atoms with Gasteiger partial charge in [0.25, 0.3) is 0 Å². The third kappa shape index (κ3) is 5.43. The number of hydrogen-bond acceptors (Lipinski definition) is 4. The fourth-order valence-corrected chi connectivity index (χ4v) is 3.67. The number of piperazine rings is 1. The molecule has 1 amide bonds. The average Bonchev–Trinajstić information content (AvgIpc) is 2.79. The summed E-state index contributed by atoms with van der Waals surface area (Å²) >= 11 is 0. The third-order valence-corrected chi connectivity index (χ3v) is 5.36. The van der Waals surface area contributed by atoms with Gasteiger partial charge in [-0.3, -0.25) is 9.79 Å². The van der Waals surface area contributed by atoms with Crippen LogP contribution in [0.15, 0.2) is 59.6 Å². The highest BCUT2D eigenvalue weighted by atomic mass is 16.3. The lowest BCUT2D eigenvalue weighted by molar-refractivity contribution is -0.130. The maximum atomic E-state index is 12.7. The lowest BCUT2D eigenvalue weighted by Gasteiger charge is -2.37. The fraction of sp³-hybridized carbons (Fsp3) is 0.391. The first-order valence-electron chi connectivity index (χ1n) is 10.4. The van der Waals surface area contributed by atoms with Gasteiger partial charge in [-0.15, -0.1) is 0 Å². The number of nitrogens with zero attached hydrogens (tertiary/aromatic N) is 4. The van der Waals surface area contributed by atoms with Gasteiger partial charge in [0.05, 0.1) is 12.2 Å². The summed E-state index contributed by atoms with van der Waals surface area (Å²) in [5, 5.41) is 13.3. The summed E-state index contributed by atoms with van der Waals surface area (Å²) in [7, 11) is 1.74. The van der Waals surface area contributed by atoms with E-state index in [1.807, 2.05) is 60.4 Å². The van der Waals surface area contributed by atoms with Crippen LogP contribution >= 0.6 is 0 Å². The molecule has 0 spiro atoms. The van der Waals surface area contributed by atoms with E-state index >= 15 is 0 Å². The molecule has 1 aliphatic heterocycles. The molecule has 0 saturated carbocycles. The predicted octanol–water partition coefficient (Wildman–Crippen LogP) is 2.14. The van der Waals surface area contributed by atoms with Crippen LogP contribution in [0.4, 0.5) is 5.69 Å². The van der Waals surface area contributed by atoms with Crippen molar-refractivity contribution in [3.8, 4) is 5.75 Å². The van der Waals surface area contributed by atoms with Gasteiger partial charge in [-0.2, -0.15) is 0 Å². The van der Waals surface area contributed by atoms with Crippen molar-refractivity contribution in [2.24, 2.45) is 4.99 Å². The molecule has 0 radical (unpaired) electrons. The molecule has 3 rings (SSSR count). The zero-order valence-corrected chi connectivity index (χ0v) is 17.8. The van der Waals surface area contributed by atoms with Gasteiger partial charge >= 0.3 is 0 Å². The number of aromatic hydroxyl groups is 1. The highest BCUT2D eigenvalue weighted by molar-refractivity contribution is 5.86. The van der Waals surface area contributed by atoms with E-state index in [-0.39, 0.29) is 12.5 Å². The van der Waals surface area contributed by atoms with Gasteiger partial charge in [0.15, 0.2) is 5.96 Å². The van der Waals surface area contributed by atoms with Crippen LogP contribution in [0.2, 0.25) is 0 Å². The van der Waals surface area contributed by atoms with Crippen LogP contribution in [0.25, 0.3) is 0 Å². The molecule has 0 unspecified atom stereocenters. The molecule has 7 nitrogen and oxygen atoms in total. The Morgan fingerprint density at radius 3 is 2.37 bits per heavy atom. The number of aliphatic imine (C=N–C) groups is 1. The van der Waals surface area contributed by atoms with E-state index in [0.29, 0.717) is 18.8 Å². The Hall–Kier alpha value is -3.22. The molecule has 2 aromatic rings. The average molecular weight is 410 g/mol. The Morgan fingerprint density at radius 2 is 1.73 bits per heavy atom. The smallest absolute Gasteiger partial charge is 0.242 e. The second kappa shape index (κ2) is 10.5.